The van der Waals surface area contributed by atoms with Gasteiger partial charge in [-0.05, 0) is 38.5 Å². The van der Waals surface area contributed by atoms with E-state index in [0.717, 1.165) is 12.8 Å². The molecule has 3 nitrogen and oxygen atoms in total. The van der Waals surface area contributed by atoms with E-state index in [2.05, 4.69) is 5.32 Å². The highest BCUT2D eigenvalue weighted by Crippen LogP contribution is 2.34. The van der Waals surface area contributed by atoms with Gasteiger partial charge in [0.15, 0.2) is 0 Å². The Kier molecular flexibility index (Phi) is 4.08. The largest absolute Gasteiger partial charge is 0.368 e. The van der Waals surface area contributed by atoms with E-state index in [-0.39, 0.29) is 5.91 Å². The van der Waals surface area contributed by atoms with E-state index in [9.17, 15) is 4.79 Å². The zero-order valence-corrected chi connectivity index (χ0v) is 11.0. The van der Waals surface area contributed by atoms with Gasteiger partial charge in [0, 0.05) is 6.04 Å². The van der Waals surface area contributed by atoms with Crippen molar-refractivity contribution >= 4 is 5.91 Å². The lowest BCUT2D eigenvalue weighted by molar-refractivity contribution is -0.127. The van der Waals surface area contributed by atoms with Crippen molar-refractivity contribution in [2.24, 2.45) is 11.7 Å². The maximum absolute atomic E-state index is 11.9. The van der Waals surface area contributed by atoms with Crippen LogP contribution in [0, 0.1) is 5.92 Å². The third-order valence-electron chi connectivity index (χ3n) is 4.79. The van der Waals surface area contributed by atoms with Crippen molar-refractivity contribution < 1.29 is 4.79 Å². The van der Waals surface area contributed by atoms with Gasteiger partial charge in [-0.2, -0.15) is 0 Å². The highest BCUT2D eigenvalue weighted by Gasteiger charge is 2.41. The van der Waals surface area contributed by atoms with E-state index < -0.39 is 5.54 Å². The third kappa shape index (κ3) is 2.82. The molecule has 1 atom stereocenters. The maximum Gasteiger partial charge on any atom is 0.237 e. The molecule has 98 valence electrons. The highest BCUT2D eigenvalue weighted by atomic mass is 16.1. The Hall–Kier alpha value is -0.570. The van der Waals surface area contributed by atoms with Crippen LogP contribution in [-0.2, 0) is 4.79 Å². The standard InChI is InChI=1S/C14H26N2O/c1-14(13(15)17,11-7-3-2-4-8-11)16-12-9-5-6-10-12/h11-12,16H,2-10H2,1H3,(H2,15,17). The van der Waals surface area contributed by atoms with Crippen LogP contribution < -0.4 is 11.1 Å². The monoisotopic (exact) mass is 238 g/mol. The Labute approximate surface area is 105 Å². The number of primary amides is 1. The first-order chi connectivity index (χ1) is 8.13. The minimum absolute atomic E-state index is 0.156. The lowest BCUT2D eigenvalue weighted by Crippen LogP contribution is -2.61. The summed E-state index contributed by atoms with van der Waals surface area (Å²) in [5.41, 5.74) is 5.20. The molecule has 0 bridgehead atoms. The van der Waals surface area contributed by atoms with E-state index in [1.54, 1.807) is 0 Å². The van der Waals surface area contributed by atoms with Crippen LogP contribution in [0.5, 0.6) is 0 Å². The van der Waals surface area contributed by atoms with Crippen molar-refractivity contribution in [3.63, 3.8) is 0 Å². The number of hydrogen-bond acceptors (Lipinski definition) is 2. The molecule has 2 fully saturated rings. The van der Waals surface area contributed by atoms with Gasteiger partial charge in [0.05, 0.1) is 5.54 Å². The molecular formula is C14H26N2O. The van der Waals surface area contributed by atoms with Crippen molar-refractivity contribution in [3.8, 4) is 0 Å². The van der Waals surface area contributed by atoms with Gasteiger partial charge in [-0.25, -0.2) is 0 Å². The number of carbonyl (C=O) groups is 1. The summed E-state index contributed by atoms with van der Waals surface area (Å²) in [6.07, 6.45) is 11.1. The Morgan fingerprint density at radius 1 is 1.06 bits per heavy atom. The van der Waals surface area contributed by atoms with Crippen LogP contribution in [0.3, 0.4) is 0 Å². The fraction of sp³-hybridized carbons (Fsp3) is 0.929. The summed E-state index contributed by atoms with van der Waals surface area (Å²) in [5, 5.41) is 3.59. The molecule has 2 rings (SSSR count). The van der Waals surface area contributed by atoms with Crippen molar-refractivity contribution in [1.29, 1.82) is 0 Å². The second kappa shape index (κ2) is 5.38. The second-order valence-corrected chi connectivity index (χ2v) is 6.03. The van der Waals surface area contributed by atoms with Gasteiger partial charge < -0.3 is 11.1 Å². The molecule has 1 amide bonds. The van der Waals surface area contributed by atoms with E-state index >= 15 is 0 Å². The Morgan fingerprint density at radius 3 is 2.12 bits per heavy atom. The van der Waals surface area contributed by atoms with E-state index in [4.69, 9.17) is 5.73 Å². The topological polar surface area (TPSA) is 55.1 Å². The van der Waals surface area contributed by atoms with Gasteiger partial charge >= 0.3 is 0 Å². The minimum atomic E-state index is -0.477. The molecule has 0 radical (unpaired) electrons. The van der Waals surface area contributed by atoms with Gasteiger partial charge in [-0.3, -0.25) is 4.79 Å². The Morgan fingerprint density at radius 2 is 1.59 bits per heavy atom. The van der Waals surface area contributed by atoms with Crippen molar-refractivity contribution in [2.75, 3.05) is 0 Å². The predicted octanol–water partition coefficient (Wildman–Crippen LogP) is 2.34. The zero-order chi connectivity index (χ0) is 12.3. The summed E-state index contributed by atoms with van der Waals surface area (Å²) >= 11 is 0. The fourth-order valence-corrected chi connectivity index (χ4v) is 3.56. The molecule has 0 aromatic rings. The van der Waals surface area contributed by atoms with Crippen LogP contribution in [-0.4, -0.2) is 17.5 Å². The third-order valence-corrected chi connectivity index (χ3v) is 4.79. The summed E-state index contributed by atoms with van der Waals surface area (Å²) in [7, 11) is 0. The number of nitrogens with two attached hydrogens (primary N) is 1. The normalized spacial score (nSPS) is 26.9. The van der Waals surface area contributed by atoms with Crippen molar-refractivity contribution in [1.82, 2.24) is 5.32 Å². The van der Waals surface area contributed by atoms with Crippen LogP contribution >= 0.6 is 0 Å². The summed E-state index contributed by atoms with van der Waals surface area (Å²) in [6.45, 7) is 2.03. The predicted molar refractivity (Wildman–Crippen MR) is 69.6 cm³/mol. The number of amides is 1. The fourth-order valence-electron chi connectivity index (χ4n) is 3.56. The van der Waals surface area contributed by atoms with Crippen LogP contribution in [0.15, 0.2) is 0 Å². The number of carbonyl (C=O) groups excluding carboxylic acids is 1. The quantitative estimate of drug-likeness (QED) is 0.790. The first kappa shape index (κ1) is 12.9. The first-order valence-corrected chi connectivity index (χ1v) is 7.20. The highest BCUT2D eigenvalue weighted by molar-refractivity contribution is 5.84. The van der Waals surface area contributed by atoms with E-state index in [1.165, 1.54) is 44.9 Å². The molecule has 2 aliphatic carbocycles. The average molecular weight is 238 g/mol. The molecule has 0 heterocycles. The summed E-state index contributed by atoms with van der Waals surface area (Å²) < 4.78 is 0. The van der Waals surface area contributed by atoms with Crippen molar-refractivity contribution in [3.05, 3.63) is 0 Å². The molecule has 0 aromatic carbocycles. The first-order valence-electron chi connectivity index (χ1n) is 7.20. The van der Waals surface area contributed by atoms with Gasteiger partial charge in [-0.1, -0.05) is 32.1 Å². The SMILES string of the molecule is CC(NC1CCCC1)(C(N)=O)C1CCCCC1. The number of rotatable bonds is 4. The van der Waals surface area contributed by atoms with Crippen LogP contribution in [0.25, 0.3) is 0 Å². The molecule has 1 unspecified atom stereocenters. The van der Waals surface area contributed by atoms with Crippen LogP contribution in [0.2, 0.25) is 0 Å². The molecule has 3 N–H and O–H groups in total. The zero-order valence-electron chi connectivity index (χ0n) is 11.0. The van der Waals surface area contributed by atoms with Crippen molar-refractivity contribution in [2.45, 2.75) is 76.3 Å². The second-order valence-electron chi connectivity index (χ2n) is 6.03. The minimum Gasteiger partial charge on any atom is -0.368 e. The van der Waals surface area contributed by atoms with E-state index in [0.29, 0.717) is 12.0 Å². The molecule has 2 saturated carbocycles. The Bertz CT molecular complexity index is 267. The molecule has 0 saturated heterocycles. The molecular weight excluding hydrogens is 212 g/mol. The van der Waals surface area contributed by atoms with E-state index in [1.807, 2.05) is 6.92 Å². The number of hydrogen-bond donors (Lipinski definition) is 2. The van der Waals surface area contributed by atoms with Crippen LogP contribution in [0.1, 0.15) is 64.7 Å². The molecule has 3 heteroatoms. The van der Waals surface area contributed by atoms with Crippen LogP contribution in [0.4, 0.5) is 0 Å². The average Bonchev–Trinajstić information content (AvgIpc) is 2.82. The molecule has 2 aliphatic rings. The molecule has 17 heavy (non-hydrogen) atoms. The molecule has 0 aliphatic heterocycles. The molecule has 0 spiro atoms. The summed E-state index contributed by atoms with van der Waals surface area (Å²) in [4.78, 5) is 11.9. The van der Waals surface area contributed by atoms with Gasteiger partial charge in [0.2, 0.25) is 5.91 Å². The number of nitrogens with one attached hydrogen (secondary N) is 1. The maximum atomic E-state index is 11.9. The lowest BCUT2D eigenvalue weighted by atomic mass is 9.74. The lowest BCUT2D eigenvalue weighted by Gasteiger charge is -2.40. The smallest absolute Gasteiger partial charge is 0.237 e. The van der Waals surface area contributed by atoms with Gasteiger partial charge in [0.1, 0.15) is 0 Å². The summed E-state index contributed by atoms with van der Waals surface area (Å²) in [6, 6.07) is 0.509. The van der Waals surface area contributed by atoms with Gasteiger partial charge in [-0.15, -0.1) is 0 Å². The Balaban J connectivity index is 2.04. The molecule has 0 aromatic heterocycles. The summed E-state index contributed by atoms with van der Waals surface area (Å²) in [5.74, 6) is 0.283. The van der Waals surface area contributed by atoms with Gasteiger partial charge in [0.25, 0.3) is 0 Å².